The van der Waals surface area contributed by atoms with Gasteiger partial charge in [-0.05, 0) is 0 Å². The van der Waals surface area contributed by atoms with Crippen molar-refractivity contribution in [2.45, 2.75) is 0 Å². The van der Waals surface area contributed by atoms with Gasteiger partial charge in [-0.15, -0.1) is 11.6 Å². The van der Waals surface area contributed by atoms with E-state index in [0.717, 1.165) is 18.1 Å². The molecule has 1 aromatic heterocycles. The van der Waals surface area contributed by atoms with Gasteiger partial charge in [0.1, 0.15) is 0 Å². The number of methoxy groups -OCH3 is 2. The lowest BCUT2D eigenvalue weighted by molar-refractivity contribution is 0.341. The van der Waals surface area contributed by atoms with Crippen molar-refractivity contribution >= 4 is 17.7 Å². The van der Waals surface area contributed by atoms with E-state index in [4.69, 9.17) is 9.47 Å². The second-order valence-electron chi connectivity index (χ2n) is 2.92. The van der Waals surface area contributed by atoms with Crippen LogP contribution in [-0.4, -0.2) is 47.2 Å². The van der Waals surface area contributed by atoms with E-state index in [1.165, 1.54) is 14.2 Å². The van der Waals surface area contributed by atoms with Crippen LogP contribution in [0.3, 0.4) is 0 Å². The van der Waals surface area contributed by atoms with Gasteiger partial charge in [-0.1, -0.05) is 6.08 Å². The number of nitrogens with one attached hydrogen (secondary N) is 1. The average molecular weight is 256 g/mol. The van der Waals surface area contributed by atoms with Crippen molar-refractivity contribution < 1.29 is 9.47 Å². The van der Waals surface area contributed by atoms with Crippen LogP contribution in [0.15, 0.2) is 12.7 Å². The molecule has 1 rings (SSSR count). The van der Waals surface area contributed by atoms with Gasteiger partial charge in [0.15, 0.2) is 0 Å². The number of aromatic nitrogens is 3. The molecule has 1 N–H and O–H groups in total. The highest BCUT2D eigenvalue weighted by atomic mass is 32.2. The third kappa shape index (κ3) is 4.90. The number of ether oxygens (including phenoxy) is 2. The smallest absolute Gasteiger partial charge is 0.324 e. The molecule has 0 unspecified atom stereocenters. The highest BCUT2D eigenvalue weighted by molar-refractivity contribution is 7.99. The van der Waals surface area contributed by atoms with E-state index in [-0.39, 0.29) is 12.0 Å². The van der Waals surface area contributed by atoms with Gasteiger partial charge in [0, 0.05) is 18.1 Å². The Balaban J connectivity index is 2.48. The molecule has 94 valence electrons. The van der Waals surface area contributed by atoms with Crippen LogP contribution in [0.4, 0.5) is 5.95 Å². The zero-order chi connectivity index (χ0) is 12.5. The van der Waals surface area contributed by atoms with Crippen molar-refractivity contribution in [3.63, 3.8) is 0 Å². The minimum absolute atomic E-state index is 0.234. The van der Waals surface area contributed by atoms with Gasteiger partial charge >= 0.3 is 12.0 Å². The molecule has 0 aromatic carbocycles. The Labute approximate surface area is 105 Å². The van der Waals surface area contributed by atoms with E-state index in [0.29, 0.717) is 5.95 Å². The zero-order valence-electron chi connectivity index (χ0n) is 9.97. The fourth-order valence-electron chi connectivity index (χ4n) is 1.00. The van der Waals surface area contributed by atoms with Gasteiger partial charge in [-0.25, -0.2) is 0 Å². The molecule has 1 heterocycles. The zero-order valence-corrected chi connectivity index (χ0v) is 10.8. The van der Waals surface area contributed by atoms with Gasteiger partial charge < -0.3 is 14.8 Å². The van der Waals surface area contributed by atoms with E-state index in [9.17, 15) is 0 Å². The molecule has 17 heavy (non-hydrogen) atoms. The lowest BCUT2D eigenvalue weighted by Crippen LogP contribution is -2.10. The second-order valence-corrected chi connectivity index (χ2v) is 4.07. The highest BCUT2D eigenvalue weighted by Crippen LogP contribution is 2.11. The highest BCUT2D eigenvalue weighted by Gasteiger charge is 2.05. The molecule has 0 aliphatic rings. The fraction of sp³-hybridized carbons (Fsp3) is 0.500. The van der Waals surface area contributed by atoms with Gasteiger partial charge in [0.25, 0.3) is 0 Å². The average Bonchev–Trinajstić information content (AvgIpc) is 2.38. The summed E-state index contributed by atoms with van der Waals surface area (Å²) in [6, 6.07) is 0.469. The first-order chi connectivity index (χ1) is 8.30. The molecule has 0 radical (unpaired) electrons. The van der Waals surface area contributed by atoms with Crippen LogP contribution in [0, 0.1) is 0 Å². The Morgan fingerprint density at radius 3 is 2.41 bits per heavy atom. The number of rotatable bonds is 8. The van der Waals surface area contributed by atoms with Crippen LogP contribution in [0.25, 0.3) is 0 Å². The minimum Gasteiger partial charge on any atom is -0.467 e. The Bertz CT molecular complexity index is 340. The van der Waals surface area contributed by atoms with Crippen LogP contribution in [0.2, 0.25) is 0 Å². The first-order valence-corrected chi connectivity index (χ1v) is 6.22. The molecule has 0 bridgehead atoms. The molecule has 0 saturated carbocycles. The van der Waals surface area contributed by atoms with Crippen LogP contribution < -0.4 is 14.8 Å². The molecule has 0 amide bonds. The van der Waals surface area contributed by atoms with E-state index in [1.54, 1.807) is 11.8 Å². The van der Waals surface area contributed by atoms with Crippen molar-refractivity contribution in [1.29, 1.82) is 0 Å². The summed E-state index contributed by atoms with van der Waals surface area (Å²) in [4.78, 5) is 12.0. The Kier molecular flexibility index (Phi) is 6.16. The summed E-state index contributed by atoms with van der Waals surface area (Å²) in [5.41, 5.74) is 0. The van der Waals surface area contributed by atoms with Crippen molar-refractivity contribution in [3.8, 4) is 12.0 Å². The molecule has 0 aliphatic heterocycles. The Hall–Kier alpha value is -1.50. The van der Waals surface area contributed by atoms with E-state index >= 15 is 0 Å². The number of hydrogen-bond donors (Lipinski definition) is 1. The SMILES string of the molecule is C=CCSCCNc1nc(OC)nc(OC)n1. The lowest BCUT2D eigenvalue weighted by Gasteiger charge is -2.06. The summed E-state index contributed by atoms with van der Waals surface area (Å²) in [7, 11) is 3.00. The molecule has 0 spiro atoms. The first-order valence-electron chi connectivity index (χ1n) is 5.06. The van der Waals surface area contributed by atoms with Crippen LogP contribution in [0.1, 0.15) is 0 Å². The van der Waals surface area contributed by atoms with Crippen LogP contribution in [0.5, 0.6) is 12.0 Å². The lowest BCUT2D eigenvalue weighted by atomic mass is 10.7. The molecule has 0 atom stereocenters. The van der Waals surface area contributed by atoms with Crippen molar-refractivity contribution in [2.24, 2.45) is 0 Å². The quantitative estimate of drug-likeness (QED) is 0.554. The fourth-order valence-corrected chi connectivity index (χ4v) is 1.58. The van der Waals surface area contributed by atoms with E-state index in [1.807, 2.05) is 6.08 Å². The summed E-state index contributed by atoms with van der Waals surface area (Å²) in [5.74, 6) is 2.33. The number of anilines is 1. The standard InChI is InChI=1S/C10H16N4O2S/c1-4-6-17-7-5-11-8-12-9(15-2)14-10(13-8)16-3/h4H,1,5-7H2,2-3H3,(H,11,12,13,14). The molecular formula is C10H16N4O2S. The number of nitrogens with zero attached hydrogens (tertiary/aromatic N) is 3. The summed E-state index contributed by atoms with van der Waals surface area (Å²) in [6.45, 7) is 4.41. The van der Waals surface area contributed by atoms with Gasteiger partial charge in [-0.2, -0.15) is 21.7 Å². The topological polar surface area (TPSA) is 69.2 Å². The Morgan fingerprint density at radius 2 is 1.88 bits per heavy atom. The summed E-state index contributed by atoms with van der Waals surface area (Å²) >= 11 is 1.78. The summed E-state index contributed by atoms with van der Waals surface area (Å²) in [6.07, 6.45) is 1.87. The molecule has 0 fully saturated rings. The third-order valence-corrected chi connectivity index (χ3v) is 2.69. The summed E-state index contributed by atoms with van der Waals surface area (Å²) in [5, 5.41) is 3.08. The molecular weight excluding hydrogens is 240 g/mol. The van der Waals surface area contributed by atoms with Gasteiger partial charge in [-0.3, -0.25) is 0 Å². The van der Waals surface area contributed by atoms with Crippen LogP contribution in [-0.2, 0) is 0 Å². The van der Waals surface area contributed by atoms with E-state index in [2.05, 4.69) is 26.8 Å². The minimum atomic E-state index is 0.234. The predicted molar refractivity (Wildman–Crippen MR) is 68.9 cm³/mol. The van der Waals surface area contributed by atoms with E-state index < -0.39 is 0 Å². The largest absolute Gasteiger partial charge is 0.467 e. The molecule has 0 saturated heterocycles. The molecule has 6 nitrogen and oxygen atoms in total. The first kappa shape index (κ1) is 13.6. The number of hydrogen-bond acceptors (Lipinski definition) is 7. The maximum atomic E-state index is 4.94. The van der Waals surface area contributed by atoms with Gasteiger partial charge in [0.05, 0.1) is 14.2 Å². The summed E-state index contributed by atoms with van der Waals surface area (Å²) < 4.78 is 9.88. The van der Waals surface area contributed by atoms with Gasteiger partial charge in [0.2, 0.25) is 5.95 Å². The predicted octanol–water partition coefficient (Wildman–Crippen LogP) is 1.22. The maximum Gasteiger partial charge on any atom is 0.324 e. The Morgan fingerprint density at radius 1 is 1.24 bits per heavy atom. The van der Waals surface area contributed by atoms with Crippen molar-refractivity contribution in [3.05, 3.63) is 12.7 Å². The third-order valence-electron chi connectivity index (χ3n) is 1.72. The molecule has 1 aromatic rings. The molecule has 0 aliphatic carbocycles. The van der Waals surface area contributed by atoms with Crippen molar-refractivity contribution in [2.75, 3.05) is 37.6 Å². The van der Waals surface area contributed by atoms with Crippen molar-refractivity contribution in [1.82, 2.24) is 15.0 Å². The monoisotopic (exact) mass is 256 g/mol. The molecule has 7 heteroatoms. The second kappa shape index (κ2) is 7.72. The number of thioether (sulfide) groups is 1. The normalized spacial score (nSPS) is 9.76. The maximum absolute atomic E-state index is 4.94. The van der Waals surface area contributed by atoms with Crippen LogP contribution >= 0.6 is 11.8 Å².